The highest BCUT2D eigenvalue weighted by atomic mass is 16.5. The van der Waals surface area contributed by atoms with Crippen LogP contribution in [0.5, 0.6) is 5.75 Å². The number of methoxy groups -OCH3 is 1. The van der Waals surface area contributed by atoms with Gasteiger partial charge in [-0.15, -0.1) is 0 Å². The number of ether oxygens (including phenoxy) is 1. The molecule has 1 heterocycles. The van der Waals surface area contributed by atoms with E-state index in [1.807, 2.05) is 18.2 Å². The fourth-order valence-electron chi connectivity index (χ4n) is 1.86. The molecule has 21 heavy (non-hydrogen) atoms. The first-order valence-electron chi connectivity index (χ1n) is 6.30. The lowest BCUT2D eigenvalue weighted by molar-refractivity contribution is -0.120. The fourth-order valence-corrected chi connectivity index (χ4v) is 1.86. The summed E-state index contributed by atoms with van der Waals surface area (Å²) < 4.78 is 10.2. The van der Waals surface area contributed by atoms with Gasteiger partial charge in [0.05, 0.1) is 20.1 Å². The Hall–Kier alpha value is -2.76. The Morgan fingerprint density at radius 3 is 2.67 bits per heavy atom. The second-order valence-electron chi connectivity index (χ2n) is 4.34. The first kappa shape index (κ1) is 14.6. The minimum absolute atomic E-state index is 0.140. The van der Waals surface area contributed by atoms with Gasteiger partial charge in [-0.2, -0.15) is 0 Å². The zero-order valence-corrected chi connectivity index (χ0v) is 11.5. The number of hydrogen-bond acceptors (Lipinski definition) is 4. The van der Waals surface area contributed by atoms with Gasteiger partial charge in [-0.3, -0.25) is 4.79 Å². The number of benzene rings is 1. The van der Waals surface area contributed by atoms with Crippen LogP contribution < -0.4 is 10.1 Å². The molecule has 2 aromatic rings. The van der Waals surface area contributed by atoms with E-state index in [4.69, 9.17) is 14.3 Å². The number of carbonyl (C=O) groups excluding carboxylic acids is 1. The molecule has 1 aromatic heterocycles. The summed E-state index contributed by atoms with van der Waals surface area (Å²) in [7, 11) is 1.55. The van der Waals surface area contributed by atoms with Crippen LogP contribution in [0.2, 0.25) is 0 Å². The number of amides is 1. The quantitative estimate of drug-likeness (QED) is 0.847. The van der Waals surface area contributed by atoms with Gasteiger partial charge in [-0.25, -0.2) is 4.79 Å². The highest BCUT2D eigenvalue weighted by Gasteiger charge is 2.11. The Morgan fingerprint density at radius 2 is 2.00 bits per heavy atom. The van der Waals surface area contributed by atoms with Crippen molar-refractivity contribution in [2.45, 2.75) is 13.0 Å². The maximum Gasteiger partial charge on any atom is 0.371 e. The molecule has 0 aliphatic rings. The summed E-state index contributed by atoms with van der Waals surface area (Å²) in [6, 6.07) is 10.1. The predicted molar refractivity (Wildman–Crippen MR) is 74.2 cm³/mol. The Bertz CT molecular complexity index is 647. The molecule has 2 N–H and O–H groups in total. The van der Waals surface area contributed by atoms with Crippen LogP contribution in [-0.2, 0) is 17.8 Å². The maximum absolute atomic E-state index is 11.9. The molecule has 6 nitrogen and oxygen atoms in total. The van der Waals surface area contributed by atoms with E-state index in [9.17, 15) is 9.59 Å². The van der Waals surface area contributed by atoms with Crippen LogP contribution in [0.3, 0.4) is 0 Å². The summed E-state index contributed by atoms with van der Waals surface area (Å²) in [5.74, 6) is -0.446. The zero-order chi connectivity index (χ0) is 15.2. The van der Waals surface area contributed by atoms with Gasteiger partial charge in [0.15, 0.2) is 0 Å². The zero-order valence-electron chi connectivity index (χ0n) is 11.5. The summed E-state index contributed by atoms with van der Waals surface area (Å²) in [5, 5.41) is 11.4. The van der Waals surface area contributed by atoms with E-state index in [0.29, 0.717) is 11.5 Å². The van der Waals surface area contributed by atoms with E-state index >= 15 is 0 Å². The minimum atomic E-state index is -1.14. The number of rotatable bonds is 6. The minimum Gasteiger partial charge on any atom is -0.496 e. The van der Waals surface area contributed by atoms with Crippen LogP contribution in [0.1, 0.15) is 21.9 Å². The Kier molecular flexibility index (Phi) is 4.61. The molecule has 6 heteroatoms. The molecular formula is C15H15NO5. The normalized spacial score (nSPS) is 10.1. The number of carboxylic acids is 1. The summed E-state index contributed by atoms with van der Waals surface area (Å²) in [5.41, 5.74) is 0.781. The van der Waals surface area contributed by atoms with Crippen LogP contribution in [0.15, 0.2) is 40.8 Å². The van der Waals surface area contributed by atoms with Gasteiger partial charge in [0.1, 0.15) is 11.5 Å². The molecular weight excluding hydrogens is 274 g/mol. The highest BCUT2D eigenvalue weighted by molar-refractivity contribution is 5.84. The maximum atomic E-state index is 11.9. The molecule has 0 radical (unpaired) electrons. The molecule has 0 aliphatic heterocycles. The van der Waals surface area contributed by atoms with Crippen molar-refractivity contribution in [3.63, 3.8) is 0 Å². The molecule has 0 aliphatic carbocycles. The Balaban J connectivity index is 1.91. The fraction of sp³-hybridized carbons (Fsp3) is 0.200. The van der Waals surface area contributed by atoms with Crippen molar-refractivity contribution in [3.8, 4) is 5.75 Å². The molecule has 0 saturated heterocycles. The molecule has 110 valence electrons. The second-order valence-corrected chi connectivity index (χ2v) is 4.34. The lowest BCUT2D eigenvalue weighted by atomic mass is 10.1. The van der Waals surface area contributed by atoms with Crippen molar-refractivity contribution in [2.24, 2.45) is 0 Å². The number of nitrogens with one attached hydrogen (secondary N) is 1. The third-order valence-corrected chi connectivity index (χ3v) is 2.88. The predicted octanol–water partition coefficient (Wildman–Crippen LogP) is 1.85. The highest BCUT2D eigenvalue weighted by Crippen LogP contribution is 2.17. The SMILES string of the molecule is COc1ccccc1CC(=O)NCc1ccc(C(=O)O)o1. The number of furan rings is 1. The van der Waals surface area contributed by atoms with E-state index < -0.39 is 5.97 Å². The Morgan fingerprint density at radius 1 is 1.24 bits per heavy atom. The van der Waals surface area contributed by atoms with Crippen molar-refractivity contribution in [1.82, 2.24) is 5.32 Å². The van der Waals surface area contributed by atoms with Crippen LogP contribution in [-0.4, -0.2) is 24.1 Å². The van der Waals surface area contributed by atoms with Gasteiger partial charge in [0.25, 0.3) is 0 Å². The van der Waals surface area contributed by atoms with Crippen molar-refractivity contribution in [2.75, 3.05) is 7.11 Å². The Labute approximate surface area is 121 Å². The van der Waals surface area contributed by atoms with E-state index in [1.165, 1.54) is 12.1 Å². The summed E-state index contributed by atoms with van der Waals surface area (Å²) in [6.07, 6.45) is 0.177. The van der Waals surface area contributed by atoms with Gasteiger partial charge in [0, 0.05) is 5.56 Å². The lowest BCUT2D eigenvalue weighted by Gasteiger charge is -2.08. The first-order chi connectivity index (χ1) is 10.1. The summed E-state index contributed by atoms with van der Waals surface area (Å²) in [4.78, 5) is 22.5. The average molecular weight is 289 g/mol. The van der Waals surface area contributed by atoms with Crippen molar-refractivity contribution in [1.29, 1.82) is 0 Å². The number of carbonyl (C=O) groups is 2. The van der Waals surface area contributed by atoms with E-state index in [-0.39, 0.29) is 24.6 Å². The number of carboxylic acid groups (broad SMARTS) is 1. The molecule has 0 bridgehead atoms. The monoisotopic (exact) mass is 289 g/mol. The second kappa shape index (κ2) is 6.60. The molecule has 1 aromatic carbocycles. The van der Waals surface area contributed by atoms with E-state index in [0.717, 1.165) is 5.56 Å². The topological polar surface area (TPSA) is 88.8 Å². The van der Waals surface area contributed by atoms with Gasteiger partial charge in [-0.05, 0) is 18.2 Å². The number of hydrogen-bond donors (Lipinski definition) is 2. The third kappa shape index (κ3) is 3.85. The van der Waals surface area contributed by atoms with E-state index in [1.54, 1.807) is 13.2 Å². The number of aromatic carboxylic acids is 1. The van der Waals surface area contributed by atoms with Gasteiger partial charge in [-0.1, -0.05) is 18.2 Å². The summed E-state index contributed by atoms with van der Waals surface area (Å²) in [6.45, 7) is 0.140. The standard InChI is InChI=1S/C15H15NO5/c1-20-12-5-3-2-4-10(12)8-14(17)16-9-11-6-7-13(21-11)15(18)19/h2-7H,8-9H2,1H3,(H,16,17)(H,18,19). The van der Waals surface area contributed by atoms with Crippen molar-refractivity contribution < 1.29 is 23.8 Å². The first-order valence-corrected chi connectivity index (χ1v) is 6.30. The van der Waals surface area contributed by atoms with Crippen LogP contribution in [0.4, 0.5) is 0 Å². The van der Waals surface area contributed by atoms with E-state index in [2.05, 4.69) is 5.32 Å². The molecule has 0 saturated carbocycles. The average Bonchev–Trinajstić information content (AvgIpc) is 2.95. The number of para-hydroxylation sites is 1. The summed E-state index contributed by atoms with van der Waals surface area (Å²) >= 11 is 0. The molecule has 0 atom stereocenters. The van der Waals surface area contributed by atoms with Crippen LogP contribution >= 0.6 is 0 Å². The van der Waals surface area contributed by atoms with Crippen LogP contribution in [0.25, 0.3) is 0 Å². The molecule has 2 rings (SSSR count). The van der Waals surface area contributed by atoms with Crippen molar-refractivity contribution >= 4 is 11.9 Å². The third-order valence-electron chi connectivity index (χ3n) is 2.88. The van der Waals surface area contributed by atoms with Gasteiger partial charge < -0.3 is 19.6 Å². The largest absolute Gasteiger partial charge is 0.496 e. The lowest BCUT2D eigenvalue weighted by Crippen LogP contribution is -2.24. The van der Waals surface area contributed by atoms with Gasteiger partial charge in [0.2, 0.25) is 11.7 Å². The molecule has 0 unspecified atom stereocenters. The van der Waals surface area contributed by atoms with Gasteiger partial charge >= 0.3 is 5.97 Å². The smallest absolute Gasteiger partial charge is 0.371 e. The van der Waals surface area contributed by atoms with Crippen molar-refractivity contribution in [3.05, 3.63) is 53.5 Å². The van der Waals surface area contributed by atoms with Crippen LogP contribution in [0, 0.1) is 0 Å². The molecule has 0 spiro atoms. The molecule has 1 amide bonds. The molecule has 0 fully saturated rings.